The molecule has 1 saturated heterocycles. The Morgan fingerprint density at radius 1 is 1.02 bits per heavy atom. The Bertz CT molecular complexity index is 1850. The van der Waals surface area contributed by atoms with E-state index in [1.807, 2.05) is 37.3 Å². The second-order valence-electron chi connectivity index (χ2n) is 11.8. The minimum Gasteiger partial charge on any atom is -0.339 e. The number of halogens is 1. The quantitative estimate of drug-likeness (QED) is 0.128. The number of pyridine rings is 1. The van der Waals surface area contributed by atoms with E-state index >= 15 is 0 Å². The molecule has 8 nitrogen and oxygen atoms in total. The molecule has 3 N–H and O–H groups in total. The monoisotopic (exact) mass is 645 g/mol. The summed E-state index contributed by atoms with van der Waals surface area (Å²) in [6, 6.07) is 22.6. The molecule has 4 aromatic rings. The molecule has 0 saturated carbocycles. The summed E-state index contributed by atoms with van der Waals surface area (Å²) in [6.07, 6.45) is 7.36. The van der Waals surface area contributed by atoms with Crippen molar-refractivity contribution in [3.8, 4) is 0 Å². The summed E-state index contributed by atoms with van der Waals surface area (Å²) in [5, 5.41) is 9.91. The van der Waals surface area contributed by atoms with E-state index in [2.05, 4.69) is 27.5 Å². The molecule has 0 spiro atoms. The molecule has 1 fully saturated rings. The van der Waals surface area contributed by atoms with Gasteiger partial charge in [0.1, 0.15) is 17.7 Å². The predicted molar refractivity (Wildman–Crippen MR) is 188 cm³/mol. The average molecular weight is 646 g/mol. The summed E-state index contributed by atoms with van der Waals surface area (Å²) >= 11 is 0. The van der Waals surface area contributed by atoms with Gasteiger partial charge in [-0.1, -0.05) is 67.3 Å². The van der Waals surface area contributed by atoms with E-state index in [-0.39, 0.29) is 30.1 Å². The third-order valence-corrected chi connectivity index (χ3v) is 8.48. The molecule has 0 radical (unpaired) electrons. The first-order valence-electron chi connectivity index (χ1n) is 16.0. The van der Waals surface area contributed by atoms with Crippen LogP contribution in [0, 0.1) is 11.7 Å². The van der Waals surface area contributed by atoms with Gasteiger partial charge in [-0.15, -0.1) is 0 Å². The number of benzene rings is 3. The zero-order valence-corrected chi connectivity index (χ0v) is 27.2. The molecule has 1 atom stereocenters. The Hall–Kier alpha value is -5.41. The molecule has 0 aliphatic carbocycles. The number of nitrogens with one attached hydrogen (secondary N) is 3. The van der Waals surface area contributed by atoms with E-state index in [1.54, 1.807) is 67.7 Å². The summed E-state index contributed by atoms with van der Waals surface area (Å²) in [7, 11) is 1.65. The Kier molecular flexibility index (Phi) is 11.3. The number of hydrogen-bond acceptors (Lipinski definition) is 5. The van der Waals surface area contributed by atoms with E-state index in [9.17, 15) is 18.8 Å². The molecular formula is C39H40FN5O3. The summed E-state index contributed by atoms with van der Waals surface area (Å²) in [4.78, 5) is 46.7. The molecule has 3 aromatic carbocycles. The van der Waals surface area contributed by atoms with Crippen LogP contribution in [0.3, 0.4) is 0 Å². The number of aromatic nitrogens is 1. The lowest BCUT2D eigenvalue weighted by atomic mass is 9.84. The second-order valence-corrected chi connectivity index (χ2v) is 11.8. The Morgan fingerprint density at radius 2 is 1.75 bits per heavy atom. The molecule has 48 heavy (non-hydrogen) atoms. The molecule has 2 heterocycles. The van der Waals surface area contributed by atoms with Crippen LogP contribution in [0.15, 0.2) is 121 Å². The lowest BCUT2D eigenvalue weighted by molar-refractivity contribution is -0.132. The first-order chi connectivity index (χ1) is 23.3. The summed E-state index contributed by atoms with van der Waals surface area (Å²) in [5.74, 6) is -0.673. The van der Waals surface area contributed by atoms with Crippen LogP contribution in [-0.2, 0) is 16.1 Å². The highest BCUT2D eigenvalue weighted by Gasteiger charge is 2.27. The van der Waals surface area contributed by atoms with Crippen molar-refractivity contribution < 1.29 is 18.8 Å². The Morgan fingerprint density at radius 3 is 2.44 bits per heavy atom. The van der Waals surface area contributed by atoms with Crippen LogP contribution in [0.4, 0.5) is 10.2 Å². The zero-order chi connectivity index (χ0) is 34.0. The van der Waals surface area contributed by atoms with Crippen molar-refractivity contribution in [2.24, 2.45) is 5.92 Å². The van der Waals surface area contributed by atoms with Crippen LogP contribution < -0.4 is 16.0 Å². The van der Waals surface area contributed by atoms with Gasteiger partial charge in [0, 0.05) is 30.1 Å². The fourth-order valence-electron chi connectivity index (χ4n) is 5.96. The van der Waals surface area contributed by atoms with Gasteiger partial charge in [-0.2, -0.15) is 0 Å². The van der Waals surface area contributed by atoms with Gasteiger partial charge >= 0.3 is 0 Å². The number of allylic oxidation sites excluding steroid dienone is 3. The lowest BCUT2D eigenvalue weighted by Gasteiger charge is -2.26. The number of piperidine rings is 1. The number of carbonyl (C=O) groups excluding carboxylic acids is 3. The fraction of sp³-hybridized carbons (Fsp3) is 0.231. The topological polar surface area (TPSA) is 103 Å². The SMILES string of the molecule is C=C/C=C(\C(=C/C)C(=O)Nc1ccc2cc(C(=O)NC(C(=O)N(C)Cc3ccc(F)cc3)c3ccccc3)ccc2n1)C1CCNCC1. The third kappa shape index (κ3) is 8.29. The lowest BCUT2D eigenvalue weighted by Crippen LogP contribution is -2.41. The summed E-state index contributed by atoms with van der Waals surface area (Å²) in [5.41, 5.74) is 3.92. The van der Waals surface area contributed by atoms with Gasteiger partial charge in [0.25, 0.3) is 11.8 Å². The van der Waals surface area contributed by atoms with E-state index < -0.39 is 11.9 Å². The molecule has 3 amide bonds. The maximum Gasteiger partial charge on any atom is 0.256 e. The largest absolute Gasteiger partial charge is 0.339 e. The summed E-state index contributed by atoms with van der Waals surface area (Å²) in [6.45, 7) is 7.76. The van der Waals surface area contributed by atoms with Crippen molar-refractivity contribution in [2.45, 2.75) is 32.4 Å². The second kappa shape index (κ2) is 15.9. The number of amides is 3. The third-order valence-electron chi connectivity index (χ3n) is 8.48. The number of anilines is 1. The first kappa shape index (κ1) is 33.9. The van der Waals surface area contributed by atoms with Crippen LogP contribution in [0.2, 0.25) is 0 Å². The zero-order valence-electron chi connectivity index (χ0n) is 27.2. The van der Waals surface area contributed by atoms with Crippen LogP contribution in [0.5, 0.6) is 0 Å². The summed E-state index contributed by atoms with van der Waals surface area (Å²) < 4.78 is 13.4. The van der Waals surface area contributed by atoms with E-state index in [4.69, 9.17) is 0 Å². The number of carbonyl (C=O) groups is 3. The number of hydrogen-bond donors (Lipinski definition) is 3. The molecule has 246 valence electrons. The van der Waals surface area contributed by atoms with Gasteiger partial charge in [-0.3, -0.25) is 14.4 Å². The molecule has 1 unspecified atom stereocenters. The maximum atomic E-state index is 13.6. The van der Waals surface area contributed by atoms with Gasteiger partial charge in [0.2, 0.25) is 5.91 Å². The highest BCUT2D eigenvalue weighted by atomic mass is 19.1. The van der Waals surface area contributed by atoms with Crippen molar-refractivity contribution in [1.82, 2.24) is 20.5 Å². The molecule has 9 heteroatoms. The minimum atomic E-state index is -0.943. The molecule has 1 aromatic heterocycles. The highest BCUT2D eigenvalue weighted by molar-refractivity contribution is 6.07. The van der Waals surface area contributed by atoms with E-state index in [0.29, 0.717) is 33.4 Å². The number of likely N-dealkylation sites (N-methyl/N-ethyl adjacent to an activating group) is 1. The van der Waals surface area contributed by atoms with E-state index in [0.717, 1.165) is 37.1 Å². The van der Waals surface area contributed by atoms with Crippen molar-refractivity contribution in [2.75, 3.05) is 25.5 Å². The van der Waals surface area contributed by atoms with Crippen LogP contribution in [-0.4, -0.2) is 47.7 Å². The molecule has 1 aliphatic rings. The fourth-order valence-corrected chi connectivity index (χ4v) is 5.96. The van der Waals surface area contributed by atoms with Crippen molar-refractivity contribution in [3.05, 3.63) is 143 Å². The Balaban J connectivity index is 1.31. The standard InChI is InChI=1S/C39H40FN5O3/c1-4-9-33(27-20-22-41-23-21-27)32(5-2)38(47)43-35-19-15-29-24-30(14-18-34(29)42-35)37(46)44-36(28-10-7-6-8-11-28)39(48)45(3)25-26-12-16-31(40)17-13-26/h4-19,24,27,36,41H,1,20-23,25H2,2-3H3,(H,44,46)(H,42,43,47)/b32-5+,33-9-. The van der Waals surface area contributed by atoms with Crippen molar-refractivity contribution in [3.63, 3.8) is 0 Å². The normalized spacial score (nSPS) is 14.6. The minimum absolute atomic E-state index is 0.243. The number of rotatable bonds is 11. The average Bonchev–Trinajstić information content (AvgIpc) is 3.11. The highest BCUT2D eigenvalue weighted by Crippen LogP contribution is 2.29. The van der Waals surface area contributed by atoms with Gasteiger partial charge in [0.05, 0.1) is 5.52 Å². The van der Waals surface area contributed by atoms with Crippen molar-refractivity contribution >= 4 is 34.4 Å². The maximum absolute atomic E-state index is 13.6. The smallest absolute Gasteiger partial charge is 0.256 e. The van der Waals surface area contributed by atoms with Gasteiger partial charge in [-0.05, 0) is 97.9 Å². The number of fused-ring (bicyclic) bond motifs is 1. The van der Waals surface area contributed by atoms with Gasteiger partial charge in [0.15, 0.2) is 0 Å². The first-order valence-corrected chi connectivity index (χ1v) is 16.0. The molecule has 1 aliphatic heterocycles. The van der Waals surface area contributed by atoms with Crippen LogP contribution >= 0.6 is 0 Å². The van der Waals surface area contributed by atoms with E-state index in [1.165, 1.54) is 17.0 Å². The van der Waals surface area contributed by atoms with Crippen LogP contribution in [0.1, 0.15) is 47.3 Å². The predicted octanol–water partition coefficient (Wildman–Crippen LogP) is 6.50. The molecule has 0 bridgehead atoms. The van der Waals surface area contributed by atoms with Crippen LogP contribution in [0.25, 0.3) is 10.9 Å². The Labute approximate surface area is 280 Å². The van der Waals surface area contributed by atoms with Gasteiger partial charge < -0.3 is 20.9 Å². The molecular weight excluding hydrogens is 605 g/mol. The molecule has 5 rings (SSSR count). The number of nitrogens with zero attached hydrogens (tertiary/aromatic N) is 2. The van der Waals surface area contributed by atoms with Gasteiger partial charge in [-0.25, -0.2) is 9.37 Å². The van der Waals surface area contributed by atoms with Crippen molar-refractivity contribution in [1.29, 1.82) is 0 Å².